The fraction of sp³-hybridized carbons (Fsp3) is 1.00. The van der Waals surface area contributed by atoms with E-state index in [1.165, 1.54) is 31.6 Å². The van der Waals surface area contributed by atoms with E-state index >= 15 is 0 Å². The maximum Gasteiger partial charge on any atom is 0.0822 e. The summed E-state index contributed by atoms with van der Waals surface area (Å²) in [6, 6.07) is 0. The van der Waals surface area contributed by atoms with Gasteiger partial charge >= 0.3 is 0 Å². The Morgan fingerprint density at radius 2 is 2.36 bits per heavy atom. The normalized spacial score (nSPS) is 39.3. The number of thioether (sulfide) groups is 1. The van der Waals surface area contributed by atoms with Gasteiger partial charge in [-0.1, -0.05) is 0 Å². The van der Waals surface area contributed by atoms with Crippen molar-refractivity contribution >= 4 is 11.8 Å². The van der Waals surface area contributed by atoms with E-state index in [1.807, 2.05) is 11.8 Å². The highest BCUT2D eigenvalue weighted by Gasteiger charge is 2.27. The Balaban J connectivity index is 1.82. The van der Waals surface area contributed by atoms with Crippen LogP contribution >= 0.6 is 11.8 Å². The topological polar surface area (TPSA) is 21.3 Å². The smallest absolute Gasteiger partial charge is 0.0822 e. The van der Waals surface area contributed by atoms with E-state index < -0.39 is 0 Å². The van der Waals surface area contributed by atoms with E-state index in [0.29, 0.717) is 11.5 Å². The minimum Gasteiger partial charge on any atom is -0.376 e. The van der Waals surface area contributed by atoms with Crippen LogP contribution in [0.1, 0.15) is 19.3 Å². The van der Waals surface area contributed by atoms with E-state index in [0.717, 1.165) is 6.61 Å². The summed E-state index contributed by atoms with van der Waals surface area (Å²) in [6.45, 7) is 2.15. The molecule has 2 aliphatic rings. The lowest BCUT2D eigenvalue weighted by Gasteiger charge is -2.27. The molecule has 2 nitrogen and oxygen atoms in total. The first-order valence-electron chi connectivity index (χ1n) is 4.43. The van der Waals surface area contributed by atoms with Crippen LogP contribution in [0.2, 0.25) is 0 Å². The highest BCUT2D eigenvalue weighted by Crippen LogP contribution is 2.25. The molecule has 11 heavy (non-hydrogen) atoms. The molecule has 0 saturated carbocycles. The Hall–Kier alpha value is 0.270. The van der Waals surface area contributed by atoms with Crippen molar-refractivity contribution in [3.8, 4) is 0 Å². The lowest BCUT2D eigenvalue weighted by molar-refractivity contribution is 0.101. The second-order valence-electron chi connectivity index (χ2n) is 3.15. The standard InChI is InChI=1S/C8H15NOS/c1-3-7(10-5-1)8-9-4-2-6-11-8/h7-9H,1-6H2. The van der Waals surface area contributed by atoms with Gasteiger partial charge < -0.3 is 10.1 Å². The van der Waals surface area contributed by atoms with Crippen LogP contribution in [0.25, 0.3) is 0 Å². The average Bonchev–Trinajstić information content (AvgIpc) is 2.58. The van der Waals surface area contributed by atoms with E-state index in [-0.39, 0.29) is 0 Å². The van der Waals surface area contributed by atoms with Gasteiger partial charge in [-0.2, -0.15) is 0 Å². The first kappa shape index (κ1) is 7.90. The number of rotatable bonds is 1. The third-order valence-corrected chi connectivity index (χ3v) is 3.62. The molecule has 0 bridgehead atoms. The molecule has 2 fully saturated rings. The van der Waals surface area contributed by atoms with Gasteiger partial charge in [0.25, 0.3) is 0 Å². The molecule has 2 heterocycles. The van der Waals surface area contributed by atoms with Crippen molar-refractivity contribution in [2.75, 3.05) is 18.9 Å². The van der Waals surface area contributed by atoms with Crippen LogP contribution in [0.15, 0.2) is 0 Å². The maximum absolute atomic E-state index is 5.61. The quantitative estimate of drug-likeness (QED) is 0.644. The Morgan fingerprint density at radius 3 is 3.00 bits per heavy atom. The van der Waals surface area contributed by atoms with Crippen LogP contribution in [0.4, 0.5) is 0 Å². The fourth-order valence-corrected chi connectivity index (χ4v) is 2.90. The molecule has 0 amide bonds. The monoisotopic (exact) mass is 173 g/mol. The molecular weight excluding hydrogens is 158 g/mol. The third kappa shape index (κ3) is 1.89. The van der Waals surface area contributed by atoms with Gasteiger partial charge in [0.05, 0.1) is 11.5 Å². The third-order valence-electron chi connectivity index (χ3n) is 2.27. The molecule has 2 atom stereocenters. The molecular formula is C8H15NOS. The molecule has 2 aliphatic heterocycles. The molecule has 64 valence electrons. The van der Waals surface area contributed by atoms with Crippen molar-refractivity contribution in [2.45, 2.75) is 30.7 Å². The first-order valence-corrected chi connectivity index (χ1v) is 5.48. The van der Waals surface area contributed by atoms with Crippen LogP contribution in [0.5, 0.6) is 0 Å². The summed E-state index contributed by atoms with van der Waals surface area (Å²) in [5.41, 5.74) is 0. The minimum atomic E-state index is 0.500. The Bertz CT molecular complexity index is 119. The lowest BCUT2D eigenvalue weighted by Crippen LogP contribution is -2.40. The second kappa shape index (κ2) is 3.78. The summed E-state index contributed by atoms with van der Waals surface area (Å²) in [7, 11) is 0. The van der Waals surface area contributed by atoms with Crippen LogP contribution in [-0.4, -0.2) is 30.4 Å². The fourth-order valence-electron chi connectivity index (χ4n) is 1.67. The molecule has 2 unspecified atom stereocenters. The highest BCUT2D eigenvalue weighted by molar-refractivity contribution is 7.99. The largest absolute Gasteiger partial charge is 0.376 e. The molecule has 1 N–H and O–H groups in total. The zero-order chi connectivity index (χ0) is 7.52. The van der Waals surface area contributed by atoms with Crippen LogP contribution < -0.4 is 5.32 Å². The molecule has 0 aromatic rings. The van der Waals surface area contributed by atoms with Crippen molar-refractivity contribution in [2.24, 2.45) is 0 Å². The molecule has 0 aliphatic carbocycles. The van der Waals surface area contributed by atoms with Crippen molar-refractivity contribution in [1.29, 1.82) is 0 Å². The number of ether oxygens (including phenoxy) is 1. The Kier molecular flexibility index (Phi) is 2.72. The lowest BCUT2D eigenvalue weighted by atomic mass is 10.2. The zero-order valence-electron chi connectivity index (χ0n) is 6.71. The summed E-state index contributed by atoms with van der Waals surface area (Å²) in [5, 5.41) is 4.09. The molecule has 0 spiro atoms. The highest BCUT2D eigenvalue weighted by atomic mass is 32.2. The van der Waals surface area contributed by atoms with E-state index in [4.69, 9.17) is 4.74 Å². The molecule has 2 rings (SSSR count). The second-order valence-corrected chi connectivity index (χ2v) is 4.40. The molecule has 3 heteroatoms. The Labute approximate surface area is 72.1 Å². The van der Waals surface area contributed by atoms with Gasteiger partial charge in [0, 0.05) is 6.61 Å². The number of hydrogen-bond acceptors (Lipinski definition) is 3. The van der Waals surface area contributed by atoms with E-state index in [1.54, 1.807) is 0 Å². The van der Waals surface area contributed by atoms with Crippen LogP contribution in [0, 0.1) is 0 Å². The SMILES string of the molecule is C1CNC(C2CCCO2)SC1. The van der Waals surface area contributed by atoms with Crippen LogP contribution in [0.3, 0.4) is 0 Å². The summed E-state index contributed by atoms with van der Waals surface area (Å²) in [6.07, 6.45) is 4.32. The van der Waals surface area contributed by atoms with E-state index in [9.17, 15) is 0 Å². The minimum absolute atomic E-state index is 0.500. The number of hydrogen-bond donors (Lipinski definition) is 1. The zero-order valence-corrected chi connectivity index (χ0v) is 7.53. The predicted octanol–water partition coefficient (Wildman–Crippen LogP) is 1.22. The van der Waals surface area contributed by atoms with Crippen molar-refractivity contribution in [3.63, 3.8) is 0 Å². The van der Waals surface area contributed by atoms with E-state index in [2.05, 4.69) is 5.32 Å². The molecule has 0 radical (unpaired) electrons. The van der Waals surface area contributed by atoms with Crippen LogP contribution in [-0.2, 0) is 4.74 Å². The van der Waals surface area contributed by atoms with Crippen molar-refractivity contribution in [1.82, 2.24) is 5.32 Å². The molecule has 0 aromatic heterocycles. The van der Waals surface area contributed by atoms with Crippen molar-refractivity contribution < 1.29 is 4.74 Å². The summed E-state index contributed by atoms with van der Waals surface area (Å²) in [4.78, 5) is 0. The van der Waals surface area contributed by atoms with Gasteiger partial charge in [-0.15, -0.1) is 11.8 Å². The summed E-state index contributed by atoms with van der Waals surface area (Å²) >= 11 is 2.02. The van der Waals surface area contributed by atoms with Gasteiger partial charge in [0.1, 0.15) is 0 Å². The van der Waals surface area contributed by atoms with Crippen molar-refractivity contribution in [3.05, 3.63) is 0 Å². The van der Waals surface area contributed by atoms with Gasteiger partial charge in [-0.25, -0.2) is 0 Å². The molecule has 0 aromatic carbocycles. The first-order chi connectivity index (χ1) is 5.47. The van der Waals surface area contributed by atoms with Gasteiger partial charge in [0.15, 0.2) is 0 Å². The maximum atomic E-state index is 5.61. The van der Waals surface area contributed by atoms with Gasteiger partial charge in [-0.05, 0) is 31.6 Å². The summed E-state index contributed by atoms with van der Waals surface area (Å²) in [5.74, 6) is 1.30. The predicted molar refractivity (Wildman–Crippen MR) is 47.8 cm³/mol. The average molecular weight is 173 g/mol. The number of nitrogens with one attached hydrogen (secondary N) is 1. The Morgan fingerprint density at radius 1 is 1.36 bits per heavy atom. The van der Waals surface area contributed by atoms with Gasteiger partial charge in [0.2, 0.25) is 0 Å². The summed E-state index contributed by atoms with van der Waals surface area (Å²) < 4.78 is 5.61. The molecule has 2 saturated heterocycles. The van der Waals surface area contributed by atoms with Gasteiger partial charge in [-0.3, -0.25) is 0 Å².